The molecule has 4 rings (SSSR count). The Morgan fingerprint density at radius 1 is 1.11 bits per heavy atom. The number of nitrogens with zero attached hydrogens (tertiary/aromatic N) is 2. The highest BCUT2D eigenvalue weighted by molar-refractivity contribution is 6.55. The lowest BCUT2D eigenvalue weighted by atomic mass is 9.62. The van der Waals surface area contributed by atoms with Crippen molar-refractivity contribution in [2.75, 3.05) is 0 Å². The summed E-state index contributed by atoms with van der Waals surface area (Å²) in [6.07, 6.45) is 0.364. The Balaban J connectivity index is 1.72. The number of fused-ring (bicyclic) bond motifs is 1. The number of nitrogens with one attached hydrogen (secondary N) is 1. The molecule has 16 heteroatoms. The Labute approximate surface area is 229 Å². The zero-order valence-electron chi connectivity index (χ0n) is 22.1. The van der Waals surface area contributed by atoms with Gasteiger partial charge in [-0.2, -0.15) is 8.78 Å². The highest BCUT2D eigenvalue weighted by Gasteiger charge is 2.47. The maximum Gasteiger partial charge on any atom is 0.348 e. The smallest absolute Gasteiger partial charge is 0.348 e. The third-order valence-electron chi connectivity index (χ3n) is 8.04. The molecule has 1 N–H and O–H groups in total. The molecular weight excluding hydrogens is 509 g/mol. The molecule has 0 bridgehead atoms. The molecule has 3 unspecified atom stereocenters. The van der Waals surface area contributed by atoms with Crippen LogP contribution in [0.2, 0.25) is 5.02 Å². The van der Waals surface area contributed by atoms with E-state index in [1.807, 2.05) is 15.7 Å². The van der Waals surface area contributed by atoms with Gasteiger partial charge in [0, 0.05) is 34.5 Å². The molecule has 0 spiro atoms. The average molecular weight is 533 g/mol. The van der Waals surface area contributed by atoms with Crippen LogP contribution in [0.3, 0.4) is 0 Å². The SMILES string of the molecule is Bc1c(B)c(C(B)N(B)C(=O)C(F)(F)c2ccc(Cl)cc2)c(B)c2c1C(=O)N(C1CCC(=O)NC1=O)C2B. The third kappa shape index (κ3) is 4.38. The van der Waals surface area contributed by atoms with E-state index < -0.39 is 41.2 Å². The Bertz CT molecular complexity index is 1380. The van der Waals surface area contributed by atoms with Crippen molar-refractivity contribution in [1.29, 1.82) is 0 Å². The molecule has 1 saturated heterocycles. The van der Waals surface area contributed by atoms with Gasteiger partial charge in [-0.15, -0.1) is 0 Å². The lowest BCUT2D eigenvalue weighted by Crippen LogP contribution is -2.53. The van der Waals surface area contributed by atoms with E-state index in [2.05, 4.69) is 5.32 Å². The number of hydrogen-bond acceptors (Lipinski definition) is 4. The summed E-state index contributed by atoms with van der Waals surface area (Å²) < 4.78 is 30.4. The Morgan fingerprint density at radius 3 is 2.29 bits per heavy atom. The molecule has 3 atom stereocenters. The van der Waals surface area contributed by atoms with Gasteiger partial charge in [0.25, 0.3) is 11.8 Å². The number of piperidine rings is 1. The topological polar surface area (TPSA) is 86.8 Å². The quantitative estimate of drug-likeness (QED) is 0.308. The molecule has 2 aliphatic rings. The molecule has 2 aliphatic heterocycles. The summed E-state index contributed by atoms with van der Waals surface area (Å²) in [4.78, 5) is 53.4. The minimum atomic E-state index is -3.77. The molecule has 2 heterocycles. The first-order valence-corrected chi connectivity index (χ1v) is 12.8. The maximum atomic E-state index is 15.2. The Morgan fingerprint density at radius 2 is 1.71 bits per heavy atom. The molecule has 7 nitrogen and oxygen atoms in total. The van der Waals surface area contributed by atoms with Crippen LogP contribution in [-0.4, -0.2) is 86.6 Å². The summed E-state index contributed by atoms with van der Waals surface area (Å²) >= 11 is 5.82. The number of benzene rings is 2. The second kappa shape index (κ2) is 9.98. The van der Waals surface area contributed by atoms with Crippen molar-refractivity contribution in [3.05, 3.63) is 51.5 Å². The zero-order valence-corrected chi connectivity index (χ0v) is 22.9. The van der Waals surface area contributed by atoms with Crippen molar-refractivity contribution in [3.63, 3.8) is 0 Å². The van der Waals surface area contributed by atoms with Crippen molar-refractivity contribution < 1.29 is 28.0 Å². The summed E-state index contributed by atoms with van der Waals surface area (Å²) in [6, 6.07) is 4.10. The highest BCUT2D eigenvalue weighted by atomic mass is 35.5. The van der Waals surface area contributed by atoms with Gasteiger partial charge in [-0.1, -0.05) is 40.1 Å². The van der Waals surface area contributed by atoms with Crippen molar-refractivity contribution in [3.8, 4) is 0 Å². The molecule has 190 valence electrons. The summed E-state index contributed by atoms with van der Waals surface area (Å²) in [5, 5.41) is 2.59. The second-order valence-corrected chi connectivity index (χ2v) is 10.5. The van der Waals surface area contributed by atoms with Gasteiger partial charge < -0.3 is 9.71 Å². The van der Waals surface area contributed by atoms with Crippen molar-refractivity contribution >= 4 is 98.8 Å². The molecule has 38 heavy (non-hydrogen) atoms. The van der Waals surface area contributed by atoms with Crippen LogP contribution in [0.1, 0.15) is 51.8 Å². The summed E-state index contributed by atoms with van der Waals surface area (Å²) in [5.74, 6) is -7.54. The number of carbonyl (C=O) groups is 4. The molecule has 4 amide bonds. The molecular formula is C22H24B6ClF2N3O4. The van der Waals surface area contributed by atoms with Crippen LogP contribution in [-0.2, 0) is 20.3 Å². The van der Waals surface area contributed by atoms with Crippen LogP contribution < -0.4 is 21.7 Å². The van der Waals surface area contributed by atoms with Crippen LogP contribution in [0.4, 0.5) is 8.78 Å². The van der Waals surface area contributed by atoms with Crippen molar-refractivity contribution in [1.82, 2.24) is 15.0 Å². The van der Waals surface area contributed by atoms with Crippen molar-refractivity contribution in [2.24, 2.45) is 0 Å². The Hall–Kier alpha value is -2.94. The highest BCUT2D eigenvalue weighted by Crippen LogP contribution is 2.35. The van der Waals surface area contributed by atoms with E-state index in [-0.39, 0.29) is 29.7 Å². The van der Waals surface area contributed by atoms with E-state index >= 15 is 8.78 Å². The second-order valence-electron chi connectivity index (χ2n) is 10.1. The van der Waals surface area contributed by atoms with E-state index in [1.165, 1.54) is 25.0 Å². The normalized spacial score (nSPS) is 20.2. The predicted octanol–water partition coefficient (Wildman–Crippen LogP) is -5.19. The molecule has 2 aromatic rings. The fourth-order valence-electron chi connectivity index (χ4n) is 5.81. The molecule has 0 saturated carbocycles. The number of halogens is 3. The zero-order chi connectivity index (χ0) is 28.3. The predicted molar refractivity (Wildman–Crippen MR) is 157 cm³/mol. The van der Waals surface area contributed by atoms with Gasteiger partial charge in [-0.25, -0.2) is 0 Å². The largest absolute Gasteiger partial charge is 0.389 e. The standard InChI is InChI=1S/C22H24B6ClF2N3O4/c23-14-11-12(20(37)33(17(11)26)9-5-6-10(35)32-19(9)36)15(24)16(25)13(14)18(27)34(28)21(38)22(30,31)7-1-3-8(29)4-2-7/h1-4,9,17-18H,5-6,23-28H2,(H,32,35,36). The molecule has 2 aromatic carbocycles. The lowest BCUT2D eigenvalue weighted by molar-refractivity contribution is -0.154. The number of rotatable bonds is 5. The number of amides is 4. The van der Waals surface area contributed by atoms with Crippen LogP contribution in [0, 0.1) is 0 Å². The lowest BCUT2D eigenvalue weighted by Gasteiger charge is -2.34. The average Bonchev–Trinajstić information content (AvgIpc) is 3.12. The minimum Gasteiger partial charge on any atom is -0.389 e. The van der Waals surface area contributed by atoms with Crippen LogP contribution in [0.5, 0.6) is 0 Å². The van der Waals surface area contributed by atoms with Gasteiger partial charge in [-0.05, 0) is 29.7 Å². The fraction of sp³-hybridized carbons (Fsp3) is 0.273. The van der Waals surface area contributed by atoms with Gasteiger partial charge in [0.15, 0.2) is 0 Å². The van der Waals surface area contributed by atoms with Crippen molar-refractivity contribution in [2.45, 2.75) is 36.7 Å². The molecule has 1 fully saturated rings. The van der Waals surface area contributed by atoms with E-state index in [1.54, 1.807) is 23.5 Å². The first-order chi connectivity index (χ1) is 17.7. The number of alkyl halides is 2. The molecule has 0 aliphatic carbocycles. The number of carbonyl (C=O) groups excluding carboxylic acids is 4. The summed E-state index contributed by atoms with van der Waals surface area (Å²) in [6.45, 7) is 0. The van der Waals surface area contributed by atoms with E-state index in [9.17, 15) is 19.2 Å². The summed E-state index contributed by atoms with van der Waals surface area (Å²) in [5.41, 5.74) is 3.50. The number of imide groups is 1. The minimum absolute atomic E-state index is 0.136. The monoisotopic (exact) mass is 533 g/mol. The summed E-state index contributed by atoms with van der Waals surface area (Å²) in [7, 11) is 10.2. The van der Waals surface area contributed by atoms with E-state index in [0.717, 1.165) is 16.9 Å². The number of hydrogen-bond donors (Lipinski definition) is 1. The third-order valence-corrected chi connectivity index (χ3v) is 8.29. The van der Waals surface area contributed by atoms with Crippen LogP contribution >= 0.6 is 11.6 Å². The van der Waals surface area contributed by atoms with Gasteiger partial charge in [0.1, 0.15) is 45.3 Å². The van der Waals surface area contributed by atoms with E-state index in [4.69, 9.17) is 11.6 Å². The molecule has 0 aromatic heterocycles. The van der Waals surface area contributed by atoms with Crippen LogP contribution in [0.25, 0.3) is 0 Å². The Kier molecular flexibility index (Phi) is 7.38. The fourth-order valence-corrected chi connectivity index (χ4v) is 5.93. The maximum absolute atomic E-state index is 15.2. The first-order valence-electron chi connectivity index (χ1n) is 12.4. The van der Waals surface area contributed by atoms with Crippen LogP contribution in [0.15, 0.2) is 24.3 Å². The molecule has 0 radical (unpaired) electrons. The van der Waals surface area contributed by atoms with Gasteiger partial charge >= 0.3 is 5.92 Å². The first kappa shape index (κ1) is 28.1. The van der Waals surface area contributed by atoms with E-state index in [0.29, 0.717) is 33.1 Å². The van der Waals surface area contributed by atoms with Gasteiger partial charge in [0.2, 0.25) is 19.8 Å². The van der Waals surface area contributed by atoms with Gasteiger partial charge in [-0.3, -0.25) is 24.5 Å². The van der Waals surface area contributed by atoms with Gasteiger partial charge in [0.05, 0.1) is 0 Å².